The van der Waals surface area contributed by atoms with E-state index in [1.165, 1.54) is 24.2 Å². The minimum Gasteiger partial charge on any atom is -0.347 e. The van der Waals surface area contributed by atoms with Gasteiger partial charge in [-0.2, -0.15) is 0 Å². The van der Waals surface area contributed by atoms with E-state index in [9.17, 15) is 4.79 Å². The molecule has 3 unspecified atom stereocenters. The number of nitrogens with one attached hydrogen (secondary N) is 2. The molecule has 2 aliphatic heterocycles. The first-order valence-corrected chi connectivity index (χ1v) is 8.98. The van der Waals surface area contributed by atoms with E-state index in [4.69, 9.17) is 0 Å². The van der Waals surface area contributed by atoms with Crippen molar-refractivity contribution in [1.82, 2.24) is 15.6 Å². The summed E-state index contributed by atoms with van der Waals surface area (Å²) in [5.74, 6) is 0.0533. The van der Waals surface area contributed by atoms with Crippen molar-refractivity contribution in [2.45, 2.75) is 44.3 Å². The fourth-order valence-electron chi connectivity index (χ4n) is 3.30. The standard InChI is InChI=1S/C15H17N3OS2/c1-8-16-12(7-20-8)13-4-5-14(21-13)15(19)18-11-6-9-2-3-10(11)17-9/h4-5,7,9-11,17H,2-3,6H2,1H3,(H,18,19). The molecule has 2 N–H and O–H groups in total. The molecule has 0 spiro atoms. The Hall–Kier alpha value is -1.24. The number of hydrogen-bond donors (Lipinski definition) is 2. The lowest BCUT2D eigenvalue weighted by Crippen LogP contribution is -2.42. The zero-order chi connectivity index (χ0) is 14.4. The summed E-state index contributed by atoms with van der Waals surface area (Å²) in [6.07, 6.45) is 3.51. The van der Waals surface area contributed by atoms with Crippen LogP contribution in [0.3, 0.4) is 0 Å². The van der Waals surface area contributed by atoms with Gasteiger partial charge in [0.2, 0.25) is 0 Å². The van der Waals surface area contributed by atoms with Crippen LogP contribution in [0.4, 0.5) is 0 Å². The lowest BCUT2D eigenvalue weighted by atomic mass is 9.95. The third-order valence-corrected chi connectivity index (χ3v) is 6.20. The fraction of sp³-hybridized carbons (Fsp3) is 0.467. The number of carbonyl (C=O) groups is 1. The van der Waals surface area contributed by atoms with E-state index in [0.29, 0.717) is 18.1 Å². The minimum atomic E-state index is 0.0533. The molecule has 0 radical (unpaired) electrons. The number of rotatable bonds is 3. The Kier molecular flexibility index (Phi) is 3.32. The van der Waals surface area contributed by atoms with Crippen LogP contribution in [0.5, 0.6) is 0 Å². The van der Waals surface area contributed by atoms with Gasteiger partial charge < -0.3 is 10.6 Å². The average molecular weight is 319 g/mol. The van der Waals surface area contributed by atoms with E-state index in [1.807, 2.05) is 24.4 Å². The van der Waals surface area contributed by atoms with E-state index in [-0.39, 0.29) is 5.91 Å². The summed E-state index contributed by atoms with van der Waals surface area (Å²) in [6, 6.07) is 5.28. The molecule has 4 nitrogen and oxygen atoms in total. The Balaban J connectivity index is 1.46. The number of hydrogen-bond acceptors (Lipinski definition) is 5. The molecule has 0 aliphatic carbocycles. The summed E-state index contributed by atoms with van der Waals surface area (Å²) in [5.41, 5.74) is 0.975. The van der Waals surface area contributed by atoms with Crippen LogP contribution >= 0.6 is 22.7 Å². The maximum Gasteiger partial charge on any atom is 0.261 e. The number of aryl methyl sites for hydroxylation is 1. The number of nitrogens with zero attached hydrogens (tertiary/aromatic N) is 1. The van der Waals surface area contributed by atoms with Gasteiger partial charge in [-0.3, -0.25) is 4.79 Å². The van der Waals surface area contributed by atoms with Crippen LogP contribution in [0.2, 0.25) is 0 Å². The van der Waals surface area contributed by atoms with Gasteiger partial charge in [-0.1, -0.05) is 0 Å². The lowest BCUT2D eigenvalue weighted by molar-refractivity contribution is 0.0935. The molecule has 2 bridgehead atoms. The topological polar surface area (TPSA) is 54.0 Å². The van der Waals surface area contributed by atoms with Crippen molar-refractivity contribution in [3.8, 4) is 10.6 Å². The highest BCUT2D eigenvalue weighted by atomic mass is 32.1. The minimum absolute atomic E-state index is 0.0533. The molecule has 2 aliphatic rings. The fourth-order valence-corrected chi connectivity index (χ4v) is 4.85. The molecule has 6 heteroatoms. The van der Waals surface area contributed by atoms with E-state index in [1.54, 1.807) is 11.3 Å². The number of aromatic nitrogens is 1. The molecular formula is C15H17N3OS2. The van der Waals surface area contributed by atoms with Crippen molar-refractivity contribution in [3.63, 3.8) is 0 Å². The number of carbonyl (C=O) groups excluding carboxylic acids is 1. The van der Waals surface area contributed by atoms with Crippen LogP contribution < -0.4 is 10.6 Å². The molecule has 2 aromatic rings. The number of amides is 1. The van der Waals surface area contributed by atoms with Crippen LogP contribution in [0.25, 0.3) is 10.6 Å². The SMILES string of the molecule is Cc1nc(-c2ccc(C(=O)NC3CC4CCC3N4)s2)cs1. The molecule has 2 aromatic heterocycles. The Morgan fingerprint density at radius 2 is 2.33 bits per heavy atom. The lowest BCUT2D eigenvalue weighted by Gasteiger charge is -2.20. The second-order valence-corrected chi connectivity index (χ2v) is 7.92. The summed E-state index contributed by atoms with van der Waals surface area (Å²) >= 11 is 3.16. The third kappa shape index (κ3) is 2.52. The van der Waals surface area contributed by atoms with Crippen molar-refractivity contribution in [3.05, 3.63) is 27.4 Å². The van der Waals surface area contributed by atoms with Gasteiger partial charge in [-0.15, -0.1) is 22.7 Å². The largest absolute Gasteiger partial charge is 0.347 e. The van der Waals surface area contributed by atoms with Crippen molar-refractivity contribution in [1.29, 1.82) is 0 Å². The van der Waals surface area contributed by atoms with Crippen LogP contribution in [0.1, 0.15) is 33.9 Å². The quantitative estimate of drug-likeness (QED) is 0.915. The van der Waals surface area contributed by atoms with Gasteiger partial charge in [0.05, 0.1) is 20.5 Å². The van der Waals surface area contributed by atoms with Gasteiger partial charge in [0.1, 0.15) is 0 Å². The highest BCUT2D eigenvalue weighted by molar-refractivity contribution is 7.17. The zero-order valence-electron chi connectivity index (χ0n) is 11.8. The highest BCUT2D eigenvalue weighted by Gasteiger charge is 2.39. The van der Waals surface area contributed by atoms with Gasteiger partial charge in [0, 0.05) is 23.5 Å². The molecule has 3 atom stereocenters. The zero-order valence-corrected chi connectivity index (χ0v) is 13.4. The highest BCUT2D eigenvalue weighted by Crippen LogP contribution is 2.31. The van der Waals surface area contributed by atoms with Crippen molar-refractivity contribution < 1.29 is 4.79 Å². The van der Waals surface area contributed by atoms with Crippen LogP contribution in [-0.2, 0) is 0 Å². The van der Waals surface area contributed by atoms with Gasteiger partial charge in [-0.05, 0) is 38.3 Å². The monoisotopic (exact) mass is 319 g/mol. The normalized spacial score (nSPS) is 27.2. The summed E-state index contributed by atoms with van der Waals surface area (Å²) in [5, 5.41) is 9.83. The molecule has 0 saturated carbocycles. The first-order chi connectivity index (χ1) is 10.2. The van der Waals surface area contributed by atoms with E-state index >= 15 is 0 Å². The van der Waals surface area contributed by atoms with Gasteiger partial charge in [-0.25, -0.2) is 4.98 Å². The van der Waals surface area contributed by atoms with E-state index < -0.39 is 0 Å². The molecule has 21 heavy (non-hydrogen) atoms. The predicted molar refractivity (Wildman–Crippen MR) is 86.0 cm³/mol. The molecule has 2 saturated heterocycles. The van der Waals surface area contributed by atoms with Crippen LogP contribution in [-0.4, -0.2) is 29.0 Å². The Labute approximate surface area is 131 Å². The summed E-state index contributed by atoms with van der Waals surface area (Å²) in [7, 11) is 0. The molecular weight excluding hydrogens is 302 g/mol. The van der Waals surface area contributed by atoms with Crippen LogP contribution in [0, 0.1) is 6.92 Å². The molecule has 4 heterocycles. The number of fused-ring (bicyclic) bond motifs is 2. The maximum absolute atomic E-state index is 12.4. The Morgan fingerprint density at radius 1 is 1.43 bits per heavy atom. The van der Waals surface area contributed by atoms with Crippen LogP contribution in [0.15, 0.2) is 17.5 Å². The smallest absolute Gasteiger partial charge is 0.261 e. The number of thiophene rings is 1. The summed E-state index contributed by atoms with van der Waals surface area (Å²) in [6.45, 7) is 2.00. The molecule has 110 valence electrons. The summed E-state index contributed by atoms with van der Waals surface area (Å²) < 4.78 is 0. The van der Waals surface area contributed by atoms with Gasteiger partial charge >= 0.3 is 0 Å². The van der Waals surface area contributed by atoms with Gasteiger partial charge in [0.25, 0.3) is 5.91 Å². The van der Waals surface area contributed by atoms with Gasteiger partial charge in [0.15, 0.2) is 0 Å². The molecule has 2 fully saturated rings. The van der Waals surface area contributed by atoms with Crippen molar-refractivity contribution >= 4 is 28.6 Å². The van der Waals surface area contributed by atoms with E-state index in [2.05, 4.69) is 15.6 Å². The Bertz CT molecular complexity index is 678. The maximum atomic E-state index is 12.4. The molecule has 4 rings (SSSR count). The van der Waals surface area contributed by atoms with E-state index in [0.717, 1.165) is 26.9 Å². The second-order valence-electron chi connectivity index (χ2n) is 5.78. The Morgan fingerprint density at radius 3 is 3.00 bits per heavy atom. The molecule has 1 amide bonds. The predicted octanol–water partition coefficient (Wildman–Crippen LogP) is 2.80. The van der Waals surface area contributed by atoms with Crippen molar-refractivity contribution in [2.75, 3.05) is 0 Å². The average Bonchev–Trinajstić information content (AvgIpc) is 3.22. The van der Waals surface area contributed by atoms with Crippen molar-refractivity contribution in [2.24, 2.45) is 0 Å². The molecule has 0 aromatic carbocycles. The second kappa shape index (κ2) is 5.19. The first kappa shape index (κ1) is 13.4. The first-order valence-electron chi connectivity index (χ1n) is 7.28. The third-order valence-electron chi connectivity index (χ3n) is 4.32. The number of thiazole rings is 1. The summed E-state index contributed by atoms with van der Waals surface area (Å²) in [4.78, 5) is 18.7.